The lowest BCUT2D eigenvalue weighted by molar-refractivity contribution is -0.270. The van der Waals surface area contributed by atoms with Gasteiger partial charge in [-0.2, -0.15) is 26.3 Å². The van der Waals surface area contributed by atoms with Crippen molar-refractivity contribution in [1.29, 1.82) is 0 Å². The number of fused-ring (bicyclic) bond motifs is 1. The van der Waals surface area contributed by atoms with Crippen LogP contribution in [0.2, 0.25) is 0 Å². The first-order valence-corrected chi connectivity index (χ1v) is 10.2. The molecule has 0 bridgehead atoms. The maximum Gasteiger partial charge on any atom is 0.417 e. The molecule has 2 atom stereocenters. The Morgan fingerprint density at radius 1 is 1.03 bits per heavy atom. The quantitative estimate of drug-likeness (QED) is 0.482. The van der Waals surface area contributed by atoms with Gasteiger partial charge in [-0.25, -0.2) is 4.39 Å². The zero-order chi connectivity index (χ0) is 24.8. The Morgan fingerprint density at radius 2 is 1.70 bits per heavy atom. The largest absolute Gasteiger partial charge is 0.496 e. The monoisotopic (exact) mass is 479 g/mol. The van der Waals surface area contributed by atoms with Gasteiger partial charge in [-0.05, 0) is 48.1 Å². The van der Waals surface area contributed by atoms with Crippen molar-refractivity contribution in [1.82, 2.24) is 0 Å². The second-order valence-electron chi connectivity index (χ2n) is 9.05. The summed E-state index contributed by atoms with van der Waals surface area (Å²) >= 11 is 0. The molecular formula is C23H24F7NO2. The first kappa shape index (κ1) is 25.1. The van der Waals surface area contributed by atoms with Crippen molar-refractivity contribution >= 4 is 5.69 Å². The highest BCUT2D eigenvalue weighted by atomic mass is 19.4. The third kappa shape index (κ3) is 5.20. The maximum atomic E-state index is 14.1. The highest BCUT2D eigenvalue weighted by Gasteiger charge is 2.57. The molecule has 2 aromatic rings. The van der Waals surface area contributed by atoms with Gasteiger partial charge in [0.1, 0.15) is 11.6 Å². The van der Waals surface area contributed by atoms with Gasteiger partial charge in [0.05, 0.1) is 12.7 Å². The lowest BCUT2D eigenvalue weighted by Crippen LogP contribution is -2.51. The number of aliphatic hydroxyl groups is 1. The number of halogens is 7. The second-order valence-corrected chi connectivity index (χ2v) is 9.05. The third-order valence-corrected chi connectivity index (χ3v) is 6.00. The fourth-order valence-corrected chi connectivity index (χ4v) is 4.49. The van der Waals surface area contributed by atoms with E-state index >= 15 is 0 Å². The summed E-state index contributed by atoms with van der Waals surface area (Å²) in [5, 5.41) is 13.6. The van der Waals surface area contributed by atoms with Crippen LogP contribution in [-0.2, 0) is 18.0 Å². The zero-order valence-electron chi connectivity index (χ0n) is 18.2. The number of methoxy groups -OCH3 is 1. The Bertz CT molecular complexity index is 1020. The molecule has 3 rings (SSSR count). The van der Waals surface area contributed by atoms with Crippen LogP contribution in [0.3, 0.4) is 0 Å². The van der Waals surface area contributed by atoms with E-state index in [0.29, 0.717) is 5.69 Å². The van der Waals surface area contributed by atoms with Crippen molar-refractivity contribution in [3.8, 4) is 5.75 Å². The third-order valence-electron chi connectivity index (χ3n) is 6.00. The minimum absolute atomic E-state index is 0.0515. The molecule has 0 fully saturated rings. The Balaban J connectivity index is 1.87. The maximum absolute atomic E-state index is 14.1. The summed E-state index contributed by atoms with van der Waals surface area (Å²) in [4.78, 5) is 0. The molecular weight excluding hydrogens is 455 g/mol. The van der Waals surface area contributed by atoms with Crippen molar-refractivity contribution in [2.24, 2.45) is 0 Å². The van der Waals surface area contributed by atoms with Gasteiger partial charge in [0.25, 0.3) is 0 Å². The number of anilines is 1. The van der Waals surface area contributed by atoms with Gasteiger partial charge >= 0.3 is 12.4 Å². The van der Waals surface area contributed by atoms with E-state index in [-0.39, 0.29) is 23.3 Å². The van der Waals surface area contributed by atoms with Gasteiger partial charge in [-0.3, -0.25) is 0 Å². The second kappa shape index (κ2) is 8.38. The van der Waals surface area contributed by atoms with Crippen LogP contribution in [0.1, 0.15) is 43.4 Å². The number of alkyl halides is 6. The number of benzene rings is 2. The van der Waals surface area contributed by atoms with Crippen LogP contribution < -0.4 is 10.1 Å². The molecule has 0 aliphatic carbocycles. The van der Waals surface area contributed by atoms with Gasteiger partial charge in [0, 0.05) is 29.8 Å². The summed E-state index contributed by atoms with van der Waals surface area (Å²) in [5.74, 6) is -0.570. The van der Waals surface area contributed by atoms with E-state index in [1.807, 2.05) is 0 Å². The minimum Gasteiger partial charge on any atom is -0.496 e. The number of ether oxygens (including phenoxy) is 1. The summed E-state index contributed by atoms with van der Waals surface area (Å²) in [5.41, 5.74) is -4.51. The van der Waals surface area contributed by atoms with Crippen molar-refractivity contribution in [2.75, 3.05) is 12.4 Å². The fourth-order valence-electron chi connectivity index (χ4n) is 4.49. The van der Waals surface area contributed by atoms with Crippen LogP contribution in [0.4, 0.5) is 36.4 Å². The van der Waals surface area contributed by atoms with Gasteiger partial charge in [-0.15, -0.1) is 0 Å². The smallest absolute Gasteiger partial charge is 0.417 e. The van der Waals surface area contributed by atoms with Crippen LogP contribution in [0.15, 0.2) is 36.4 Å². The first-order valence-electron chi connectivity index (χ1n) is 10.2. The molecule has 0 amide bonds. The van der Waals surface area contributed by atoms with Gasteiger partial charge in [-0.1, -0.05) is 19.9 Å². The first-order chi connectivity index (χ1) is 15.1. The summed E-state index contributed by atoms with van der Waals surface area (Å²) in [6, 6.07) is 5.47. The lowest BCUT2D eigenvalue weighted by Gasteiger charge is -2.39. The number of hydrogen-bond acceptors (Lipinski definition) is 3. The van der Waals surface area contributed by atoms with E-state index in [1.165, 1.54) is 33.1 Å². The molecule has 10 heteroatoms. The average Bonchev–Trinajstić information content (AvgIpc) is 3.06. The van der Waals surface area contributed by atoms with Crippen molar-refractivity contribution in [2.45, 2.75) is 62.5 Å². The van der Waals surface area contributed by atoms with E-state index in [4.69, 9.17) is 4.74 Å². The van der Waals surface area contributed by atoms with E-state index in [2.05, 4.69) is 5.32 Å². The molecule has 0 spiro atoms. The molecule has 33 heavy (non-hydrogen) atoms. The average molecular weight is 479 g/mol. The molecule has 1 heterocycles. The van der Waals surface area contributed by atoms with Gasteiger partial charge in [0.2, 0.25) is 0 Å². The molecule has 0 saturated heterocycles. The normalized spacial score (nSPS) is 18.5. The summed E-state index contributed by atoms with van der Waals surface area (Å²) in [7, 11) is 1.26. The number of nitrogens with one attached hydrogen (secondary N) is 1. The highest BCUT2D eigenvalue weighted by Crippen LogP contribution is 2.47. The summed E-state index contributed by atoms with van der Waals surface area (Å²) in [6.45, 7) is 2.96. The Labute approximate surface area is 186 Å². The molecule has 0 radical (unpaired) electrons. The van der Waals surface area contributed by atoms with Crippen molar-refractivity contribution in [3.63, 3.8) is 0 Å². The molecule has 0 aromatic heterocycles. The zero-order valence-corrected chi connectivity index (χ0v) is 18.2. The van der Waals surface area contributed by atoms with E-state index in [9.17, 15) is 35.8 Å². The van der Waals surface area contributed by atoms with Crippen LogP contribution >= 0.6 is 0 Å². The van der Waals surface area contributed by atoms with Crippen LogP contribution in [0.5, 0.6) is 5.75 Å². The van der Waals surface area contributed by atoms with Crippen molar-refractivity contribution < 1.29 is 40.6 Å². The Morgan fingerprint density at radius 3 is 2.27 bits per heavy atom. The molecule has 2 unspecified atom stereocenters. The number of hydrogen-bond donors (Lipinski definition) is 2. The number of rotatable bonds is 6. The van der Waals surface area contributed by atoms with Gasteiger partial charge in [0.15, 0.2) is 5.60 Å². The minimum atomic E-state index is -5.02. The predicted octanol–water partition coefficient (Wildman–Crippen LogP) is 6.24. The predicted molar refractivity (Wildman–Crippen MR) is 109 cm³/mol. The summed E-state index contributed by atoms with van der Waals surface area (Å²) in [6.07, 6.45) is -11.2. The van der Waals surface area contributed by atoms with Crippen LogP contribution in [0.25, 0.3) is 0 Å². The molecule has 182 valence electrons. The van der Waals surface area contributed by atoms with E-state index in [1.54, 1.807) is 0 Å². The Kier molecular flexibility index (Phi) is 6.38. The van der Waals surface area contributed by atoms with E-state index < -0.39 is 53.6 Å². The molecule has 1 aliphatic rings. The lowest BCUT2D eigenvalue weighted by atomic mass is 9.72. The van der Waals surface area contributed by atoms with Crippen LogP contribution in [0, 0.1) is 5.82 Å². The van der Waals surface area contributed by atoms with Crippen LogP contribution in [-0.4, -0.2) is 30.0 Å². The molecule has 0 saturated carbocycles. The SMILES string of the molecule is COc1cc(F)ccc1C(C)(C)CC(O)(CC1Cc2cc(C(F)(F)F)ccc2N1)C(F)(F)F. The topological polar surface area (TPSA) is 41.5 Å². The molecule has 1 aliphatic heterocycles. The highest BCUT2D eigenvalue weighted by molar-refractivity contribution is 5.58. The summed E-state index contributed by atoms with van der Waals surface area (Å²) < 4.78 is 99.8. The fraction of sp³-hybridized carbons (Fsp3) is 0.478. The standard InChI is InChI=1S/C23H24F7NO2/c1-20(2,17-6-5-15(24)10-19(17)33-3)12-21(32,23(28,29)30)11-16-9-13-8-14(22(25,26)27)4-7-18(13)31-16/h4-8,10,16,31-32H,9,11-12H2,1-3H3. The molecule has 2 N–H and O–H groups in total. The van der Waals surface area contributed by atoms with Gasteiger partial charge < -0.3 is 15.2 Å². The molecule has 2 aromatic carbocycles. The Hall–Kier alpha value is -2.49. The van der Waals surface area contributed by atoms with E-state index in [0.717, 1.165) is 24.3 Å². The van der Waals surface area contributed by atoms with Crippen molar-refractivity contribution in [3.05, 3.63) is 58.9 Å². The molecule has 3 nitrogen and oxygen atoms in total.